The third-order valence-corrected chi connectivity index (χ3v) is 172. The van der Waals surface area contributed by atoms with Crippen molar-refractivity contribution in [3.8, 4) is 0 Å². The van der Waals surface area contributed by atoms with E-state index in [0.29, 0.717) is 15.1 Å². The average Bonchev–Trinajstić information content (AvgIpc) is 2.18. The van der Waals surface area contributed by atoms with Crippen LogP contribution < -0.4 is 0 Å². The van der Waals surface area contributed by atoms with Gasteiger partial charge in [0.15, 0.2) is 0 Å². The van der Waals surface area contributed by atoms with Gasteiger partial charge in [0.1, 0.15) is 0 Å². The summed E-state index contributed by atoms with van der Waals surface area (Å²) >= 11 is 0. The molecular formula is C19H47Si7. The average molecular weight is 472 g/mol. The van der Waals surface area contributed by atoms with E-state index >= 15 is 0 Å². The highest BCUT2D eigenvalue weighted by Crippen LogP contribution is 2.67. The van der Waals surface area contributed by atoms with Crippen LogP contribution in [0.25, 0.3) is 0 Å². The van der Waals surface area contributed by atoms with Crippen molar-refractivity contribution in [2.24, 2.45) is 0 Å². The number of hydrogen-bond donors (Lipinski definition) is 0. The zero-order valence-electron chi connectivity index (χ0n) is 20.7. The van der Waals surface area contributed by atoms with E-state index in [1.807, 2.05) is 5.67 Å². The second-order valence-corrected chi connectivity index (χ2v) is 82.0. The molecule has 2 atom stereocenters. The zero-order chi connectivity index (χ0) is 21.0. The summed E-state index contributed by atoms with van der Waals surface area (Å²) in [4.78, 5) is 0. The van der Waals surface area contributed by atoms with Gasteiger partial charge in [-0.25, -0.2) is 0 Å². The van der Waals surface area contributed by atoms with Crippen LogP contribution in [0.1, 0.15) is 62.3 Å². The molecule has 26 heavy (non-hydrogen) atoms. The van der Waals surface area contributed by atoms with Crippen LogP contribution in [0.4, 0.5) is 0 Å². The molecule has 0 spiro atoms. The Morgan fingerprint density at radius 2 is 0.885 bits per heavy atom. The molecule has 2 bridgehead atoms. The van der Waals surface area contributed by atoms with Crippen molar-refractivity contribution in [2.75, 3.05) is 0 Å². The smallest absolute Gasteiger partial charge is 0.0401 e. The number of rotatable bonds is 3. The van der Waals surface area contributed by atoms with Gasteiger partial charge in [-0.15, -0.1) is 0 Å². The molecule has 7 heteroatoms. The summed E-state index contributed by atoms with van der Waals surface area (Å²) < 4.78 is 0. The molecule has 3 radical (unpaired) electrons. The van der Waals surface area contributed by atoms with Crippen LogP contribution in [-0.4, -0.2) is 51.9 Å². The van der Waals surface area contributed by atoms with Crippen LogP contribution in [0, 0.1) is 0 Å². The van der Waals surface area contributed by atoms with Gasteiger partial charge in [-0.2, -0.15) is 0 Å². The Bertz CT molecular complexity index is 540. The predicted octanol–water partition coefficient (Wildman–Crippen LogP) is 6.56. The molecule has 3 fully saturated rings. The molecule has 0 N–H and O–H groups in total. The Balaban J connectivity index is 2.64. The molecule has 151 valence electrons. The summed E-state index contributed by atoms with van der Waals surface area (Å²) in [5, 5.41) is 1.87. The summed E-state index contributed by atoms with van der Waals surface area (Å²) in [6.45, 7) is 39.1. The molecule has 0 aromatic rings. The van der Waals surface area contributed by atoms with Crippen molar-refractivity contribution in [2.45, 2.75) is 122 Å². The van der Waals surface area contributed by atoms with Crippen LogP contribution in [0.15, 0.2) is 0 Å². The van der Waals surface area contributed by atoms with Crippen molar-refractivity contribution >= 4 is 51.9 Å². The number of hydrogen-bond acceptors (Lipinski definition) is 0. The SMILES string of the molecule is CC(C)(C)[Si](C)(C)[Si]1[Si]2([Si](C)(C)C(C)(C)C)C[Si]1([Si](C)(C)C(C)(C)C)[Si]2. The monoisotopic (exact) mass is 471 g/mol. The molecule has 0 aromatic carbocycles. The van der Waals surface area contributed by atoms with Crippen molar-refractivity contribution < 1.29 is 0 Å². The summed E-state index contributed by atoms with van der Waals surface area (Å²) in [6, 6.07) is 0. The normalized spacial score (nSPS) is 31.5. The highest BCUT2D eigenvalue weighted by Gasteiger charge is 2.90. The summed E-state index contributed by atoms with van der Waals surface area (Å²) in [7, 11) is -1.82. The molecular weight excluding hydrogens is 425 g/mol. The van der Waals surface area contributed by atoms with E-state index in [-0.39, 0.29) is 7.35 Å². The molecule has 0 nitrogen and oxygen atoms in total. The van der Waals surface area contributed by atoms with Gasteiger partial charge in [0.25, 0.3) is 0 Å². The van der Waals surface area contributed by atoms with Gasteiger partial charge in [-0.05, 0) is 15.1 Å². The zero-order valence-corrected chi connectivity index (χ0v) is 27.7. The van der Waals surface area contributed by atoms with E-state index in [1.165, 1.54) is 0 Å². The van der Waals surface area contributed by atoms with Crippen molar-refractivity contribution in [3.63, 3.8) is 0 Å². The van der Waals surface area contributed by atoms with Gasteiger partial charge in [0.05, 0.1) is 0 Å². The standard InChI is InChI=1S/C19H47Si7/c1-17(2,3)22(10,11)21-25(23(12,13)18(4,5)6)16-26(21,20-25)24(14,15)19(7,8)9/h16H2,1-15H3. The van der Waals surface area contributed by atoms with Crippen LogP contribution in [-0.2, 0) is 0 Å². The summed E-state index contributed by atoms with van der Waals surface area (Å²) in [5.74, 6) is 0. The maximum atomic E-state index is 2.88. The highest BCUT2D eigenvalue weighted by molar-refractivity contribution is 8.34. The Morgan fingerprint density at radius 1 is 0.615 bits per heavy atom. The van der Waals surface area contributed by atoms with Crippen LogP contribution in [0.2, 0.25) is 60.1 Å². The quantitative estimate of drug-likeness (QED) is 0.409. The third-order valence-electron chi connectivity index (χ3n) is 10.2. The van der Waals surface area contributed by atoms with E-state index in [2.05, 4.69) is 102 Å². The Morgan fingerprint density at radius 3 is 1.08 bits per heavy atom. The molecule has 3 rings (SSSR count). The predicted molar refractivity (Wildman–Crippen MR) is 139 cm³/mol. The van der Waals surface area contributed by atoms with Crippen molar-refractivity contribution in [1.82, 2.24) is 0 Å². The maximum Gasteiger partial charge on any atom is 0.0401 e. The van der Waals surface area contributed by atoms with E-state index in [0.717, 1.165) is 0 Å². The van der Waals surface area contributed by atoms with Crippen LogP contribution in [0.3, 0.4) is 0 Å². The van der Waals surface area contributed by atoms with Gasteiger partial charge >= 0.3 is 0 Å². The lowest BCUT2D eigenvalue weighted by Gasteiger charge is -2.87. The molecule has 3 heterocycles. The fourth-order valence-electron chi connectivity index (χ4n) is 5.34. The topological polar surface area (TPSA) is 0 Å². The molecule has 0 aliphatic carbocycles. The van der Waals surface area contributed by atoms with E-state index in [4.69, 9.17) is 0 Å². The second kappa shape index (κ2) is 5.81. The van der Waals surface area contributed by atoms with Crippen LogP contribution >= 0.6 is 0 Å². The van der Waals surface area contributed by atoms with Gasteiger partial charge in [0.2, 0.25) is 0 Å². The first-order valence-electron chi connectivity index (χ1n) is 10.7. The maximum absolute atomic E-state index is 2.88. The first-order chi connectivity index (χ1) is 11.0. The highest BCUT2D eigenvalue weighted by atomic mass is 30.5. The van der Waals surface area contributed by atoms with E-state index in [9.17, 15) is 0 Å². The lowest BCUT2D eigenvalue weighted by atomic mass is 10.2. The van der Waals surface area contributed by atoms with E-state index < -0.39 is 36.0 Å². The lowest BCUT2D eigenvalue weighted by molar-refractivity contribution is 0.729. The van der Waals surface area contributed by atoms with E-state index in [1.54, 1.807) is 8.55 Å². The minimum atomic E-state index is -1.15. The first-order valence-corrected chi connectivity index (χ1v) is 33.6. The molecule has 0 amide bonds. The second-order valence-electron chi connectivity index (χ2n) is 14.1. The van der Waals surface area contributed by atoms with Crippen molar-refractivity contribution in [1.29, 1.82) is 0 Å². The molecule has 2 unspecified atom stereocenters. The van der Waals surface area contributed by atoms with Gasteiger partial charge in [0, 0.05) is 51.9 Å². The van der Waals surface area contributed by atoms with Gasteiger partial charge in [-0.3, -0.25) is 0 Å². The molecule has 3 aliphatic rings. The fraction of sp³-hybridized carbons (Fsp3) is 1.00. The molecule has 3 saturated heterocycles. The molecule has 0 aromatic heterocycles. The van der Waals surface area contributed by atoms with Crippen LogP contribution in [0.5, 0.6) is 0 Å². The Hall–Kier alpha value is 1.52. The first kappa shape index (κ1) is 23.8. The third kappa shape index (κ3) is 2.62. The molecule has 0 saturated carbocycles. The minimum absolute atomic E-state index is 0.00713. The Kier molecular flexibility index (Phi) is 5.32. The fourth-order valence-corrected chi connectivity index (χ4v) is 317. The molecule has 3 aliphatic heterocycles. The van der Waals surface area contributed by atoms with Crippen molar-refractivity contribution in [3.05, 3.63) is 0 Å². The Labute approximate surface area is 173 Å². The largest absolute Gasteiger partial charge is 0.0741 e. The summed E-state index contributed by atoms with van der Waals surface area (Å²) in [6.07, 6.45) is 0. The minimum Gasteiger partial charge on any atom is -0.0741 e. The summed E-state index contributed by atoms with van der Waals surface area (Å²) in [5.41, 5.74) is 1.92. The van der Waals surface area contributed by atoms with Gasteiger partial charge in [-0.1, -0.05) is 107 Å². The van der Waals surface area contributed by atoms with Gasteiger partial charge < -0.3 is 0 Å². The lowest BCUT2D eigenvalue weighted by Crippen LogP contribution is -3.16.